The van der Waals surface area contributed by atoms with Gasteiger partial charge >= 0.3 is 0 Å². The van der Waals surface area contributed by atoms with Gasteiger partial charge in [0.15, 0.2) is 0 Å². The summed E-state index contributed by atoms with van der Waals surface area (Å²) < 4.78 is 27.6. The smallest absolute Gasteiger partial charge is 0.243 e. The fourth-order valence-corrected chi connectivity index (χ4v) is 4.59. The number of nitrogens with zero attached hydrogens (tertiary/aromatic N) is 2. The molecule has 1 aliphatic heterocycles. The van der Waals surface area contributed by atoms with E-state index in [1.54, 1.807) is 48.7 Å². The van der Waals surface area contributed by atoms with Gasteiger partial charge in [-0.1, -0.05) is 18.2 Å². The molecular weight excluding hydrogens is 394 g/mol. The highest BCUT2D eigenvalue weighted by atomic mass is 79.9. The molecule has 2 heterocycles. The fourth-order valence-electron chi connectivity index (χ4n) is 2.68. The van der Waals surface area contributed by atoms with Crippen LogP contribution in [0.25, 0.3) is 0 Å². The number of anilines is 1. The van der Waals surface area contributed by atoms with Crippen molar-refractivity contribution in [1.82, 2.24) is 9.29 Å². The van der Waals surface area contributed by atoms with Gasteiger partial charge in [-0.2, -0.15) is 4.31 Å². The molecule has 0 saturated carbocycles. The van der Waals surface area contributed by atoms with Gasteiger partial charge in [-0.3, -0.25) is 4.79 Å². The van der Waals surface area contributed by atoms with Gasteiger partial charge < -0.3 is 5.32 Å². The van der Waals surface area contributed by atoms with Gasteiger partial charge in [0.2, 0.25) is 15.9 Å². The molecule has 1 saturated heterocycles. The van der Waals surface area contributed by atoms with Crippen LogP contribution in [0.15, 0.2) is 58.0 Å². The molecular formula is C16H16BrN3O3S. The first kappa shape index (κ1) is 17.1. The standard InChI is InChI=1S/C16H16BrN3O3S/c17-12-8-9-15(18-11-12)19-16(21)14-7-4-10-20(14)24(22,23)13-5-2-1-3-6-13/h1-3,5-6,8-9,11,14H,4,7,10H2,(H,18,19,21)/t14-/m0/s1. The van der Waals surface area contributed by atoms with Crippen molar-refractivity contribution in [3.05, 3.63) is 53.1 Å². The maximum Gasteiger partial charge on any atom is 0.243 e. The van der Waals surface area contributed by atoms with Crippen LogP contribution in [-0.2, 0) is 14.8 Å². The van der Waals surface area contributed by atoms with Gasteiger partial charge in [0.25, 0.3) is 0 Å². The second-order valence-corrected chi connectivity index (χ2v) is 8.24. The average Bonchev–Trinajstić information content (AvgIpc) is 3.08. The quantitative estimate of drug-likeness (QED) is 0.841. The summed E-state index contributed by atoms with van der Waals surface area (Å²) in [6.45, 7) is 0.336. The van der Waals surface area contributed by atoms with Crippen LogP contribution >= 0.6 is 15.9 Å². The zero-order valence-corrected chi connectivity index (χ0v) is 15.1. The van der Waals surface area contributed by atoms with Gasteiger partial charge in [-0.25, -0.2) is 13.4 Å². The lowest BCUT2D eigenvalue weighted by atomic mass is 10.2. The van der Waals surface area contributed by atoms with Crippen molar-refractivity contribution in [2.75, 3.05) is 11.9 Å². The second-order valence-electron chi connectivity index (χ2n) is 5.44. The Balaban J connectivity index is 1.80. The highest BCUT2D eigenvalue weighted by molar-refractivity contribution is 9.10. The molecule has 3 rings (SSSR count). The van der Waals surface area contributed by atoms with Crippen molar-refractivity contribution in [2.24, 2.45) is 0 Å². The average molecular weight is 410 g/mol. The van der Waals surface area contributed by atoms with Gasteiger partial charge in [-0.15, -0.1) is 0 Å². The number of sulfonamides is 1. The van der Waals surface area contributed by atoms with E-state index in [1.165, 1.54) is 4.31 Å². The normalized spacial score (nSPS) is 18.5. The third-order valence-corrected chi connectivity index (χ3v) is 6.23. The molecule has 1 N–H and O–H groups in total. The zero-order valence-electron chi connectivity index (χ0n) is 12.7. The Labute approximate surface area is 149 Å². The van der Waals surface area contributed by atoms with E-state index in [0.29, 0.717) is 25.2 Å². The van der Waals surface area contributed by atoms with E-state index < -0.39 is 16.1 Å². The summed E-state index contributed by atoms with van der Waals surface area (Å²) in [6.07, 6.45) is 2.72. The largest absolute Gasteiger partial charge is 0.309 e. The lowest BCUT2D eigenvalue weighted by Gasteiger charge is -2.23. The number of carbonyl (C=O) groups is 1. The summed E-state index contributed by atoms with van der Waals surface area (Å²) >= 11 is 3.28. The number of rotatable bonds is 4. The third-order valence-electron chi connectivity index (χ3n) is 3.83. The topological polar surface area (TPSA) is 79.4 Å². The SMILES string of the molecule is O=C(Nc1ccc(Br)cn1)[C@@H]1CCCN1S(=O)(=O)c1ccccc1. The van der Waals surface area contributed by atoms with E-state index in [1.807, 2.05) is 0 Å². The van der Waals surface area contributed by atoms with E-state index in [9.17, 15) is 13.2 Å². The summed E-state index contributed by atoms with van der Waals surface area (Å²) in [5.41, 5.74) is 0. The van der Waals surface area contributed by atoms with Gasteiger partial charge in [0.1, 0.15) is 11.9 Å². The van der Waals surface area contributed by atoms with Crippen LogP contribution in [-0.4, -0.2) is 36.2 Å². The third kappa shape index (κ3) is 3.50. The first-order valence-electron chi connectivity index (χ1n) is 7.48. The first-order valence-corrected chi connectivity index (χ1v) is 9.71. The number of pyridine rings is 1. The molecule has 24 heavy (non-hydrogen) atoms. The molecule has 0 radical (unpaired) electrons. The molecule has 1 aromatic carbocycles. The van der Waals surface area contributed by atoms with E-state index in [4.69, 9.17) is 0 Å². The first-order chi connectivity index (χ1) is 11.5. The summed E-state index contributed by atoms with van der Waals surface area (Å²) in [6, 6.07) is 10.9. The number of halogens is 1. The number of hydrogen-bond acceptors (Lipinski definition) is 4. The molecule has 1 aliphatic rings. The maximum atomic E-state index is 12.8. The fraction of sp³-hybridized carbons (Fsp3) is 0.250. The highest BCUT2D eigenvalue weighted by Gasteiger charge is 2.39. The van der Waals surface area contributed by atoms with E-state index >= 15 is 0 Å². The summed E-state index contributed by atoms with van der Waals surface area (Å²) in [5.74, 6) is 0.0361. The Morgan fingerprint density at radius 1 is 1.21 bits per heavy atom. The van der Waals surface area contributed by atoms with Crippen LogP contribution < -0.4 is 5.32 Å². The van der Waals surface area contributed by atoms with E-state index in [0.717, 1.165) is 4.47 Å². The Hall–Kier alpha value is -1.77. The molecule has 1 aromatic heterocycles. The van der Waals surface area contributed by atoms with Crippen LogP contribution in [0.3, 0.4) is 0 Å². The summed E-state index contributed by atoms with van der Waals surface area (Å²) in [7, 11) is -3.69. The minimum absolute atomic E-state index is 0.200. The predicted octanol–water partition coefficient (Wildman–Crippen LogP) is 2.64. The molecule has 126 valence electrons. The lowest BCUT2D eigenvalue weighted by molar-refractivity contribution is -0.119. The van der Waals surface area contributed by atoms with Crippen LogP contribution in [0.4, 0.5) is 5.82 Å². The van der Waals surface area contributed by atoms with Crippen molar-refractivity contribution in [3.63, 3.8) is 0 Å². The number of hydrogen-bond donors (Lipinski definition) is 1. The number of nitrogens with one attached hydrogen (secondary N) is 1. The van der Waals surface area contributed by atoms with Crippen molar-refractivity contribution in [3.8, 4) is 0 Å². The molecule has 0 bridgehead atoms. The zero-order chi connectivity index (χ0) is 17.2. The lowest BCUT2D eigenvalue weighted by Crippen LogP contribution is -2.43. The Bertz CT molecular complexity index is 825. The number of benzene rings is 1. The molecule has 0 spiro atoms. The highest BCUT2D eigenvalue weighted by Crippen LogP contribution is 2.26. The van der Waals surface area contributed by atoms with E-state index in [-0.39, 0.29) is 10.8 Å². The number of aromatic nitrogens is 1. The number of amides is 1. The van der Waals surface area contributed by atoms with Gasteiger partial charge in [0.05, 0.1) is 4.90 Å². The molecule has 6 nitrogen and oxygen atoms in total. The minimum Gasteiger partial charge on any atom is -0.309 e. The molecule has 1 fully saturated rings. The monoisotopic (exact) mass is 409 g/mol. The Kier molecular flexibility index (Phi) is 4.98. The molecule has 1 amide bonds. The minimum atomic E-state index is -3.69. The van der Waals surface area contributed by atoms with Crippen molar-refractivity contribution < 1.29 is 13.2 Å². The number of carbonyl (C=O) groups excluding carboxylic acids is 1. The molecule has 8 heteroatoms. The molecule has 0 unspecified atom stereocenters. The summed E-state index contributed by atoms with van der Waals surface area (Å²) in [4.78, 5) is 16.8. The predicted molar refractivity (Wildman–Crippen MR) is 93.9 cm³/mol. The summed E-state index contributed by atoms with van der Waals surface area (Å²) in [5, 5.41) is 2.69. The van der Waals surface area contributed by atoms with Crippen molar-refractivity contribution >= 4 is 37.7 Å². The van der Waals surface area contributed by atoms with E-state index in [2.05, 4.69) is 26.2 Å². The maximum absolute atomic E-state index is 12.8. The van der Waals surface area contributed by atoms with Crippen LogP contribution in [0.5, 0.6) is 0 Å². The van der Waals surface area contributed by atoms with Gasteiger partial charge in [0, 0.05) is 17.2 Å². The van der Waals surface area contributed by atoms with Crippen LogP contribution in [0.1, 0.15) is 12.8 Å². The second kappa shape index (κ2) is 7.00. The van der Waals surface area contributed by atoms with Crippen molar-refractivity contribution in [1.29, 1.82) is 0 Å². The van der Waals surface area contributed by atoms with Crippen LogP contribution in [0.2, 0.25) is 0 Å². The molecule has 1 atom stereocenters. The van der Waals surface area contributed by atoms with Crippen molar-refractivity contribution in [2.45, 2.75) is 23.8 Å². The molecule has 0 aliphatic carbocycles. The van der Waals surface area contributed by atoms with Crippen LogP contribution in [0, 0.1) is 0 Å². The molecule has 2 aromatic rings. The Morgan fingerprint density at radius 2 is 1.96 bits per heavy atom. The Morgan fingerprint density at radius 3 is 2.62 bits per heavy atom. The van der Waals surface area contributed by atoms with Gasteiger partial charge in [-0.05, 0) is 53.0 Å².